The van der Waals surface area contributed by atoms with Gasteiger partial charge < -0.3 is 26.6 Å². The monoisotopic (exact) mass is 772 g/mol. The number of ether oxygens (including phenoxy) is 1. The highest BCUT2D eigenvalue weighted by Gasteiger charge is 2.33. The minimum Gasteiger partial charge on any atom is -0.481 e. The number of nitrogens with one attached hydrogen (secondary N) is 1. The molecule has 0 aromatic rings. The number of hydrogen-bond acceptors (Lipinski definition) is 7. The fraction of sp³-hybridized carbons (Fsp3) is 0.800. The number of hydrogen-bond donors (Lipinski definition) is 4. The molecule has 2 unspecified atom stereocenters. The average Bonchev–Trinajstić information content (AvgIpc) is 3.77. The van der Waals surface area contributed by atoms with E-state index < -0.39 is 23.9 Å². The fourth-order valence-corrected chi connectivity index (χ4v) is 8.82. The second-order valence-corrected chi connectivity index (χ2v) is 16.4. The van der Waals surface area contributed by atoms with Crippen molar-refractivity contribution < 1.29 is 33.8 Å². The maximum absolute atomic E-state index is 13.1. The predicted octanol–water partition coefficient (Wildman–Crippen LogP) is 8.54. The van der Waals surface area contributed by atoms with Crippen molar-refractivity contribution in [3.63, 3.8) is 0 Å². The number of carboxylic acid groups (broad SMARTS) is 1. The molecule has 10 heteroatoms. The summed E-state index contributed by atoms with van der Waals surface area (Å²) in [5.41, 5.74) is 11.0. The van der Waals surface area contributed by atoms with Crippen LogP contribution in [0.2, 0.25) is 0 Å². The molecule has 2 aliphatic carbocycles. The molecular weight excluding hydrogens is 695 g/mol. The molecule has 6 atom stereocenters. The van der Waals surface area contributed by atoms with Crippen LogP contribution in [0.1, 0.15) is 174 Å². The summed E-state index contributed by atoms with van der Waals surface area (Å²) < 4.78 is 5.00. The van der Waals surface area contributed by atoms with Crippen molar-refractivity contribution >= 4 is 29.4 Å². The summed E-state index contributed by atoms with van der Waals surface area (Å²) in [6, 6.07) is 0. The zero-order valence-electron chi connectivity index (χ0n) is 34.5. The molecule has 1 aliphatic heterocycles. The van der Waals surface area contributed by atoms with Gasteiger partial charge in [-0.15, -0.1) is 0 Å². The number of nitrogens with two attached hydrogens (primary N) is 2. The molecule has 55 heavy (non-hydrogen) atoms. The Morgan fingerprint density at radius 2 is 1.51 bits per heavy atom. The van der Waals surface area contributed by atoms with Crippen molar-refractivity contribution in [2.24, 2.45) is 41.1 Å². The van der Waals surface area contributed by atoms with Gasteiger partial charge in [-0.3, -0.25) is 24.0 Å². The lowest BCUT2D eigenvalue weighted by Crippen LogP contribution is -2.45. The molecule has 2 amide bonds. The van der Waals surface area contributed by atoms with Gasteiger partial charge in [-0.1, -0.05) is 116 Å². The molecule has 10 nitrogen and oxygen atoms in total. The SMILES string of the molecule is CCCCCCC=C[C@H]1CCC(=O)[C@@H]1CCCC(CCC(=O)O)C(=CC(=O)CCC[C@H]1CCC[C@@H]1CCCCCCCC)C(N)=O.NC(=O)C1CNCCO1. The lowest BCUT2D eigenvalue weighted by atomic mass is 9.84. The van der Waals surface area contributed by atoms with Crippen LogP contribution in [0.5, 0.6) is 0 Å². The van der Waals surface area contributed by atoms with Crippen molar-refractivity contribution in [3.8, 4) is 0 Å². The molecule has 0 bridgehead atoms. The molecule has 0 radical (unpaired) electrons. The van der Waals surface area contributed by atoms with Crippen molar-refractivity contribution in [1.29, 1.82) is 0 Å². The van der Waals surface area contributed by atoms with E-state index in [1.807, 2.05) is 0 Å². The molecular formula is C45H77N3O7. The Hall–Kier alpha value is -2.85. The first kappa shape index (κ1) is 48.3. The normalized spacial score (nSPS) is 23.4. The van der Waals surface area contributed by atoms with Crippen molar-refractivity contribution in [3.05, 3.63) is 23.8 Å². The number of aliphatic carboxylic acids is 1. The van der Waals surface area contributed by atoms with Gasteiger partial charge in [-0.25, -0.2) is 0 Å². The fourth-order valence-electron chi connectivity index (χ4n) is 8.82. The zero-order valence-corrected chi connectivity index (χ0v) is 34.5. The van der Waals surface area contributed by atoms with Crippen LogP contribution in [0.4, 0.5) is 0 Å². The van der Waals surface area contributed by atoms with E-state index in [2.05, 4.69) is 31.3 Å². The maximum Gasteiger partial charge on any atom is 0.303 e. The molecule has 6 N–H and O–H groups in total. The molecule has 3 fully saturated rings. The largest absolute Gasteiger partial charge is 0.481 e. The number of amides is 2. The Morgan fingerprint density at radius 3 is 2.13 bits per heavy atom. The smallest absolute Gasteiger partial charge is 0.303 e. The zero-order chi connectivity index (χ0) is 40.3. The maximum atomic E-state index is 13.1. The first-order chi connectivity index (χ1) is 26.6. The number of rotatable bonds is 28. The van der Waals surface area contributed by atoms with E-state index in [1.165, 1.54) is 96.0 Å². The molecule has 3 aliphatic rings. The van der Waals surface area contributed by atoms with Gasteiger partial charge >= 0.3 is 5.97 Å². The summed E-state index contributed by atoms with van der Waals surface area (Å²) in [5.74, 6) is -0.406. The van der Waals surface area contributed by atoms with Crippen LogP contribution in [0.25, 0.3) is 0 Å². The number of carbonyl (C=O) groups excluding carboxylic acids is 4. The standard InChI is InChI=1S/C40H67NO5.C5H10N2O2/c1-3-5-7-9-11-13-18-31-20-15-21-32(31)22-16-24-35(42)30-37(40(41)46)34(27-29-39(44)45)23-17-25-36-33(26-28-38(36)43)19-14-12-10-8-6-4-2;6-5(8)4-3-7-1-2-9-4/h14,19,30-34,36H,3-13,15-18,20-29H2,1-2H3,(H2,41,46)(H,44,45);4,7H,1-3H2,(H2,6,8)/t31-,32+,33-,34?,36+;/m0./s1. The molecule has 1 saturated heterocycles. The number of primary amides is 2. The second kappa shape index (κ2) is 29.4. The van der Waals surface area contributed by atoms with E-state index in [9.17, 15) is 29.1 Å². The number of Topliss-reactive ketones (excluding diaryl/α,β-unsaturated/α-hetero) is 1. The van der Waals surface area contributed by atoms with Gasteiger partial charge in [0.05, 0.1) is 6.61 Å². The lowest BCUT2D eigenvalue weighted by molar-refractivity contribution is -0.137. The van der Waals surface area contributed by atoms with E-state index >= 15 is 0 Å². The van der Waals surface area contributed by atoms with Gasteiger partial charge in [-0.2, -0.15) is 0 Å². The van der Waals surface area contributed by atoms with E-state index in [1.54, 1.807) is 0 Å². The van der Waals surface area contributed by atoms with Gasteiger partial charge in [-0.05, 0) is 81.1 Å². The van der Waals surface area contributed by atoms with Crippen LogP contribution in [-0.4, -0.2) is 60.3 Å². The van der Waals surface area contributed by atoms with Gasteiger partial charge in [0, 0.05) is 43.8 Å². The van der Waals surface area contributed by atoms with Crippen molar-refractivity contribution in [2.75, 3.05) is 19.7 Å². The Morgan fingerprint density at radius 1 is 0.836 bits per heavy atom. The molecule has 2 saturated carbocycles. The Labute approximate surface area is 332 Å². The topological polar surface area (TPSA) is 179 Å². The third kappa shape index (κ3) is 20.8. The summed E-state index contributed by atoms with van der Waals surface area (Å²) in [4.78, 5) is 60.2. The van der Waals surface area contributed by atoms with E-state index in [0.29, 0.717) is 57.0 Å². The van der Waals surface area contributed by atoms with E-state index in [0.717, 1.165) is 38.1 Å². The van der Waals surface area contributed by atoms with Gasteiger partial charge in [0.2, 0.25) is 11.8 Å². The lowest BCUT2D eigenvalue weighted by Gasteiger charge is -2.20. The van der Waals surface area contributed by atoms with Crippen molar-refractivity contribution in [1.82, 2.24) is 5.32 Å². The minimum absolute atomic E-state index is 0.0184. The number of ketones is 2. The average molecular weight is 772 g/mol. The summed E-state index contributed by atoms with van der Waals surface area (Å²) in [7, 11) is 0. The first-order valence-corrected chi connectivity index (χ1v) is 22.1. The Balaban J connectivity index is 0.00000101. The highest BCUT2D eigenvalue weighted by atomic mass is 16.5. The molecule has 0 aromatic heterocycles. The quantitative estimate of drug-likeness (QED) is 0.0347. The Kier molecular flexibility index (Phi) is 25.8. The third-order valence-corrected chi connectivity index (χ3v) is 12.1. The molecule has 0 spiro atoms. The summed E-state index contributed by atoms with van der Waals surface area (Å²) >= 11 is 0. The summed E-state index contributed by atoms with van der Waals surface area (Å²) in [6.07, 6.45) is 30.5. The molecule has 0 aromatic carbocycles. The van der Waals surface area contributed by atoms with Crippen LogP contribution in [0.3, 0.4) is 0 Å². The second-order valence-electron chi connectivity index (χ2n) is 16.4. The molecule has 314 valence electrons. The van der Waals surface area contributed by atoms with E-state index in [4.69, 9.17) is 16.2 Å². The van der Waals surface area contributed by atoms with E-state index in [-0.39, 0.29) is 41.9 Å². The van der Waals surface area contributed by atoms with Crippen LogP contribution in [0.15, 0.2) is 23.8 Å². The van der Waals surface area contributed by atoms with Gasteiger partial charge in [0.25, 0.3) is 0 Å². The molecule has 3 rings (SSSR count). The number of morpholine rings is 1. The minimum atomic E-state index is -0.928. The van der Waals surface area contributed by atoms with Crippen molar-refractivity contribution in [2.45, 2.75) is 180 Å². The van der Waals surface area contributed by atoms with Gasteiger partial charge in [0.15, 0.2) is 5.78 Å². The summed E-state index contributed by atoms with van der Waals surface area (Å²) in [6.45, 7) is 6.40. The predicted molar refractivity (Wildman–Crippen MR) is 220 cm³/mol. The number of carboxylic acids is 1. The van der Waals surface area contributed by atoms with Crippen LogP contribution < -0.4 is 16.8 Å². The number of carbonyl (C=O) groups is 5. The number of allylic oxidation sites excluding steroid dienone is 3. The van der Waals surface area contributed by atoms with Crippen LogP contribution >= 0.6 is 0 Å². The highest BCUT2D eigenvalue weighted by molar-refractivity contribution is 6.01. The highest BCUT2D eigenvalue weighted by Crippen LogP contribution is 2.39. The van der Waals surface area contributed by atoms with Gasteiger partial charge in [0.1, 0.15) is 11.9 Å². The third-order valence-electron chi connectivity index (χ3n) is 12.1. The Bertz CT molecular complexity index is 1190. The van der Waals surface area contributed by atoms with Crippen LogP contribution in [0, 0.1) is 29.6 Å². The number of unbranched alkanes of at least 4 members (excludes halogenated alkanes) is 9. The molecule has 1 heterocycles. The first-order valence-electron chi connectivity index (χ1n) is 22.1. The van der Waals surface area contributed by atoms with Crippen LogP contribution in [-0.2, 0) is 28.7 Å². The summed E-state index contributed by atoms with van der Waals surface area (Å²) in [5, 5.41) is 12.4.